The van der Waals surface area contributed by atoms with Crippen molar-refractivity contribution in [3.05, 3.63) is 11.7 Å². The first-order chi connectivity index (χ1) is 7.94. The van der Waals surface area contributed by atoms with Crippen LogP contribution in [0.4, 0.5) is 0 Å². The first-order valence-electron chi connectivity index (χ1n) is 6.18. The van der Waals surface area contributed by atoms with Crippen molar-refractivity contribution in [3.63, 3.8) is 0 Å². The second-order valence-corrected chi connectivity index (χ2v) is 5.96. The Morgan fingerprint density at radius 1 is 1.47 bits per heavy atom. The topological polar surface area (TPSA) is 71.2 Å². The van der Waals surface area contributed by atoms with Gasteiger partial charge < -0.3 is 14.9 Å². The van der Waals surface area contributed by atoms with E-state index in [1.165, 1.54) is 0 Å². The van der Waals surface area contributed by atoms with E-state index in [1.54, 1.807) is 0 Å². The van der Waals surface area contributed by atoms with Crippen LogP contribution in [0.15, 0.2) is 4.52 Å². The molecule has 0 amide bonds. The van der Waals surface area contributed by atoms with Gasteiger partial charge in [0.1, 0.15) is 0 Å². The number of aromatic nitrogens is 2. The maximum atomic E-state index is 9.43. The lowest BCUT2D eigenvalue weighted by molar-refractivity contribution is 0.191. The molecular formula is C12H21N3O2. The van der Waals surface area contributed by atoms with E-state index in [-0.39, 0.29) is 17.6 Å². The van der Waals surface area contributed by atoms with E-state index < -0.39 is 0 Å². The summed E-state index contributed by atoms with van der Waals surface area (Å²) in [5.74, 6) is 1.36. The molecule has 2 atom stereocenters. The third-order valence-electron chi connectivity index (χ3n) is 2.99. The van der Waals surface area contributed by atoms with Gasteiger partial charge in [0.2, 0.25) is 5.89 Å². The zero-order valence-electron chi connectivity index (χ0n) is 10.7. The number of rotatable bonds is 3. The van der Waals surface area contributed by atoms with E-state index in [1.807, 2.05) is 0 Å². The molecule has 0 spiro atoms. The van der Waals surface area contributed by atoms with Gasteiger partial charge in [-0.15, -0.1) is 0 Å². The number of hydrogen-bond donors (Lipinski definition) is 2. The molecule has 1 aliphatic rings. The van der Waals surface area contributed by atoms with E-state index in [0.29, 0.717) is 18.9 Å². The second-order valence-electron chi connectivity index (χ2n) is 5.96. The Bertz CT molecular complexity index is 370. The predicted octanol–water partition coefficient (Wildman–Crippen LogP) is 1.44. The maximum Gasteiger partial charge on any atom is 0.243 e. The third kappa shape index (κ3) is 3.51. The Kier molecular flexibility index (Phi) is 3.49. The summed E-state index contributed by atoms with van der Waals surface area (Å²) in [7, 11) is 0. The number of hydrogen-bond acceptors (Lipinski definition) is 5. The van der Waals surface area contributed by atoms with Gasteiger partial charge in [-0.05, 0) is 18.3 Å². The summed E-state index contributed by atoms with van der Waals surface area (Å²) in [5.41, 5.74) is 0.280. The van der Waals surface area contributed by atoms with Crippen molar-refractivity contribution in [2.24, 2.45) is 5.41 Å². The molecule has 0 saturated carbocycles. The highest BCUT2D eigenvalue weighted by Gasteiger charge is 2.28. The van der Waals surface area contributed by atoms with Gasteiger partial charge in [0.25, 0.3) is 0 Å². The average molecular weight is 239 g/mol. The summed E-state index contributed by atoms with van der Waals surface area (Å²) in [6.45, 7) is 7.19. The molecule has 2 heterocycles. The van der Waals surface area contributed by atoms with Gasteiger partial charge in [0, 0.05) is 13.0 Å². The molecule has 0 radical (unpaired) electrons. The molecule has 1 aromatic heterocycles. The van der Waals surface area contributed by atoms with E-state index in [0.717, 1.165) is 18.7 Å². The van der Waals surface area contributed by atoms with Gasteiger partial charge in [-0.25, -0.2) is 0 Å². The molecule has 1 aromatic rings. The molecule has 17 heavy (non-hydrogen) atoms. The van der Waals surface area contributed by atoms with Crippen LogP contribution in [0.3, 0.4) is 0 Å². The standard InChI is InChI=1S/C12H21N3O2/c1-12(2,3)5-4-10-14-11(17-15-10)9-6-8(16)7-13-9/h8-9,13,16H,4-7H2,1-3H3/t8-,9+/m0/s1. The van der Waals surface area contributed by atoms with Crippen LogP contribution >= 0.6 is 0 Å². The lowest BCUT2D eigenvalue weighted by Crippen LogP contribution is -2.15. The van der Waals surface area contributed by atoms with Crippen LogP contribution in [0.1, 0.15) is 51.4 Å². The highest BCUT2D eigenvalue weighted by molar-refractivity contribution is 4.97. The zero-order chi connectivity index (χ0) is 12.5. The van der Waals surface area contributed by atoms with Crippen LogP contribution in [0.5, 0.6) is 0 Å². The molecule has 96 valence electrons. The lowest BCUT2D eigenvalue weighted by Gasteiger charge is -2.15. The monoisotopic (exact) mass is 239 g/mol. The van der Waals surface area contributed by atoms with Crippen LogP contribution in [0.2, 0.25) is 0 Å². The van der Waals surface area contributed by atoms with Crippen molar-refractivity contribution in [3.8, 4) is 0 Å². The van der Waals surface area contributed by atoms with Gasteiger partial charge >= 0.3 is 0 Å². The summed E-state index contributed by atoms with van der Waals surface area (Å²) in [4.78, 5) is 4.38. The van der Waals surface area contributed by atoms with Crippen molar-refractivity contribution in [2.75, 3.05) is 6.54 Å². The Labute approximate surface area is 102 Å². The number of nitrogens with zero attached hydrogens (tertiary/aromatic N) is 2. The van der Waals surface area contributed by atoms with Crippen molar-refractivity contribution >= 4 is 0 Å². The largest absolute Gasteiger partial charge is 0.392 e. The highest BCUT2D eigenvalue weighted by Crippen LogP contribution is 2.24. The minimum absolute atomic E-state index is 0.0147. The Balaban J connectivity index is 1.92. The second kappa shape index (κ2) is 4.74. The summed E-state index contributed by atoms with van der Waals surface area (Å²) >= 11 is 0. The first-order valence-corrected chi connectivity index (χ1v) is 6.18. The summed E-state index contributed by atoms with van der Waals surface area (Å²) in [6, 6.07) is 0.0147. The summed E-state index contributed by atoms with van der Waals surface area (Å²) < 4.78 is 5.23. The molecule has 1 aliphatic heterocycles. The van der Waals surface area contributed by atoms with Crippen LogP contribution in [0.25, 0.3) is 0 Å². The first kappa shape index (κ1) is 12.5. The van der Waals surface area contributed by atoms with Crippen molar-refractivity contribution in [1.29, 1.82) is 0 Å². The normalized spacial score (nSPS) is 25.4. The summed E-state index contributed by atoms with van der Waals surface area (Å²) in [5, 5.41) is 16.6. The number of β-amino-alcohol motifs (C(OH)–C–C–N with tert-alkyl or cyclic N) is 1. The Morgan fingerprint density at radius 2 is 2.24 bits per heavy atom. The number of nitrogens with one attached hydrogen (secondary N) is 1. The Morgan fingerprint density at radius 3 is 2.82 bits per heavy atom. The quantitative estimate of drug-likeness (QED) is 0.835. The molecule has 5 heteroatoms. The van der Waals surface area contributed by atoms with Crippen LogP contribution in [-0.4, -0.2) is 27.9 Å². The average Bonchev–Trinajstić information content (AvgIpc) is 2.81. The maximum absolute atomic E-state index is 9.43. The fourth-order valence-electron chi connectivity index (χ4n) is 1.90. The smallest absolute Gasteiger partial charge is 0.243 e. The van der Waals surface area contributed by atoms with Gasteiger partial charge in [0.15, 0.2) is 5.82 Å². The van der Waals surface area contributed by atoms with Crippen LogP contribution in [0, 0.1) is 5.41 Å². The van der Waals surface area contributed by atoms with E-state index in [4.69, 9.17) is 4.52 Å². The van der Waals surface area contributed by atoms with Gasteiger partial charge in [-0.1, -0.05) is 25.9 Å². The van der Waals surface area contributed by atoms with Gasteiger partial charge in [0.05, 0.1) is 12.1 Å². The summed E-state index contributed by atoms with van der Waals surface area (Å²) in [6.07, 6.45) is 2.22. The highest BCUT2D eigenvalue weighted by atomic mass is 16.5. The molecule has 0 aliphatic carbocycles. The van der Waals surface area contributed by atoms with Crippen molar-refractivity contribution in [1.82, 2.24) is 15.5 Å². The minimum atomic E-state index is -0.301. The molecule has 5 nitrogen and oxygen atoms in total. The number of aliphatic hydroxyl groups excluding tert-OH is 1. The molecule has 2 N–H and O–H groups in total. The fraction of sp³-hybridized carbons (Fsp3) is 0.833. The molecule has 2 rings (SSSR count). The molecule has 0 aromatic carbocycles. The van der Waals surface area contributed by atoms with E-state index >= 15 is 0 Å². The van der Waals surface area contributed by atoms with Crippen LogP contribution < -0.4 is 5.32 Å². The van der Waals surface area contributed by atoms with Crippen LogP contribution in [-0.2, 0) is 6.42 Å². The number of aryl methyl sites for hydroxylation is 1. The fourth-order valence-corrected chi connectivity index (χ4v) is 1.90. The van der Waals surface area contributed by atoms with Crippen molar-refractivity contribution < 1.29 is 9.63 Å². The molecule has 0 bridgehead atoms. The van der Waals surface area contributed by atoms with Gasteiger partial charge in [-0.3, -0.25) is 0 Å². The molecular weight excluding hydrogens is 218 g/mol. The SMILES string of the molecule is CC(C)(C)CCc1noc([C@H]2C[C@H](O)CN2)n1. The third-order valence-corrected chi connectivity index (χ3v) is 2.99. The lowest BCUT2D eigenvalue weighted by atomic mass is 9.90. The number of aliphatic hydroxyl groups is 1. The molecule has 1 fully saturated rings. The minimum Gasteiger partial charge on any atom is -0.392 e. The van der Waals surface area contributed by atoms with Gasteiger partial charge in [-0.2, -0.15) is 4.98 Å². The zero-order valence-corrected chi connectivity index (χ0v) is 10.7. The van der Waals surface area contributed by atoms with E-state index in [9.17, 15) is 5.11 Å². The van der Waals surface area contributed by atoms with Crippen molar-refractivity contribution in [2.45, 2.75) is 52.2 Å². The Hall–Kier alpha value is -0.940. The predicted molar refractivity (Wildman–Crippen MR) is 63.4 cm³/mol. The van der Waals surface area contributed by atoms with E-state index in [2.05, 4.69) is 36.2 Å². The molecule has 1 saturated heterocycles. The molecule has 0 unspecified atom stereocenters.